The third-order valence-corrected chi connectivity index (χ3v) is 3.48. The van der Waals surface area contributed by atoms with Crippen LogP contribution in [0.1, 0.15) is 39.0 Å². The number of alkyl halides is 8. The first-order valence-corrected chi connectivity index (χ1v) is 6.66. The Morgan fingerprint density at radius 3 is 1.83 bits per heavy atom. The van der Waals surface area contributed by atoms with E-state index in [1.54, 1.807) is 0 Å². The van der Waals surface area contributed by atoms with Gasteiger partial charge in [0.15, 0.2) is 0 Å². The molecule has 0 aliphatic heterocycles. The Morgan fingerprint density at radius 2 is 1.44 bits per heavy atom. The Labute approximate surface area is 114 Å². The quantitative estimate of drug-likeness (QED) is 0.229. The first-order valence-electron chi connectivity index (χ1n) is 5.42. The Kier molecular flexibility index (Phi) is 6.69. The van der Waals surface area contributed by atoms with E-state index in [1.165, 1.54) is 22.6 Å². The molecule has 110 valence electrons. The second-order valence-corrected chi connectivity index (χ2v) is 5.84. The standard InChI is InChI=1S/C10H14F7I/c1-2-3-4-5-7(18)6-8(11,12)9(13,14)10(15,16)17/h7H,2-6H2,1H3. The zero-order chi connectivity index (χ0) is 14.6. The summed E-state index contributed by atoms with van der Waals surface area (Å²) in [5, 5.41) is 0. The summed E-state index contributed by atoms with van der Waals surface area (Å²) in [6.07, 6.45) is -5.39. The fourth-order valence-electron chi connectivity index (χ4n) is 1.33. The van der Waals surface area contributed by atoms with Crippen LogP contribution in [0.3, 0.4) is 0 Å². The second-order valence-electron chi connectivity index (χ2n) is 4.07. The van der Waals surface area contributed by atoms with Gasteiger partial charge in [0, 0.05) is 10.3 Å². The molecule has 0 saturated carbocycles. The molecule has 0 rings (SSSR count). The molecule has 0 fully saturated rings. The fraction of sp³-hybridized carbons (Fsp3) is 1.00. The molecule has 0 aromatic rings. The van der Waals surface area contributed by atoms with E-state index in [1.807, 2.05) is 6.92 Å². The van der Waals surface area contributed by atoms with Crippen LogP contribution in [0.2, 0.25) is 0 Å². The summed E-state index contributed by atoms with van der Waals surface area (Å²) in [6, 6.07) is 0. The van der Waals surface area contributed by atoms with Gasteiger partial charge in [-0.1, -0.05) is 48.8 Å². The monoisotopic (exact) mass is 394 g/mol. The van der Waals surface area contributed by atoms with E-state index in [0.717, 1.165) is 12.8 Å². The maximum absolute atomic E-state index is 13.0. The van der Waals surface area contributed by atoms with Crippen molar-refractivity contribution in [3.8, 4) is 0 Å². The van der Waals surface area contributed by atoms with Gasteiger partial charge in [0.1, 0.15) is 0 Å². The SMILES string of the molecule is CCCCCC(I)CC(F)(F)C(F)(F)C(F)(F)F. The molecule has 0 amide bonds. The van der Waals surface area contributed by atoms with Gasteiger partial charge in [-0.15, -0.1) is 0 Å². The summed E-state index contributed by atoms with van der Waals surface area (Å²) in [4.78, 5) is 0. The van der Waals surface area contributed by atoms with Crippen molar-refractivity contribution in [3.63, 3.8) is 0 Å². The van der Waals surface area contributed by atoms with E-state index in [0.29, 0.717) is 6.42 Å². The Balaban J connectivity index is 4.55. The van der Waals surface area contributed by atoms with Gasteiger partial charge in [-0.05, 0) is 6.42 Å². The Hall–Kier alpha value is 0.240. The zero-order valence-electron chi connectivity index (χ0n) is 9.64. The lowest BCUT2D eigenvalue weighted by Crippen LogP contribution is -2.52. The largest absolute Gasteiger partial charge is 0.459 e. The molecule has 0 aromatic carbocycles. The molecule has 1 unspecified atom stereocenters. The van der Waals surface area contributed by atoms with Crippen molar-refractivity contribution in [2.45, 2.75) is 61.0 Å². The van der Waals surface area contributed by atoms with E-state index in [2.05, 4.69) is 0 Å². The molecular formula is C10H14F7I. The molecule has 0 radical (unpaired) electrons. The van der Waals surface area contributed by atoms with Crippen molar-refractivity contribution in [1.29, 1.82) is 0 Å². The van der Waals surface area contributed by atoms with E-state index in [-0.39, 0.29) is 6.42 Å². The summed E-state index contributed by atoms with van der Waals surface area (Å²) in [5.41, 5.74) is 0. The first kappa shape index (κ1) is 18.2. The van der Waals surface area contributed by atoms with Crippen molar-refractivity contribution >= 4 is 22.6 Å². The number of hydrogen-bond donors (Lipinski definition) is 0. The minimum Gasteiger partial charge on any atom is -0.199 e. The van der Waals surface area contributed by atoms with Gasteiger partial charge >= 0.3 is 18.0 Å². The van der Waals surface area contributed by atoms with E-state index < -0.39 is 28.4 Å². The molecule has 0 spiro atoms. The lowest BCUT2D eigenvalue weighted by Gasteiger charge is -2.29. The Morgan fingerprint density at radius 1 is 0.944 bits per heavy atom. The molecule has 0 bridgehead atoms. The number of halogens is 8. The van der Waals surface area contributed by atoms with Crippen LogP contribution in [0.25, 0.3) is 0 Å². The maximum atomic E-state index is 13.0. The summed E-state index contributed by atoms with van der Waals surface area (Å²) in [6.45, 7) is 1.87. The molecule has 0 aromatic heterocycles. The maximum Gasteiger partial charge on any atom is 0.459 e. The van der Waals surface area contributed by atoms with Crippen LogP contribution < -0.4 is 0 Å². The van der Waals surface area contributed by atoms with Crippen molar-refractivity contribution in [2.75, 3.05) is 0 Å². The average Bonchev–Trinajstić information content (AvgIpc) is 2.15. The van der Waals surface area contributed by atoms with E-state index in [9.17, 15) is 30.7 Å². The molecule has 0 aliphatic carbocycles. The highest BCUT2D eigenvalue weighted by molar-refractivity contribution is 14.1. The number of unbranched alkanes of at least 4 members (excludes halogenated alkanes) is 2. The van der Waals surface area contributed by atoms with Crippen LogP contribution in [0.15, 0.2) is 0 Å². The average molecular weight is 394 g/mol. The molecular weight excluding hydrogens is 380 g/mol. The van der Waals surface area contributed by atoms with Crippen LogP contribution in [0.4, 0.5) is 30.7 Å². The van der Waals surface area contributed by atoms with Crippen LogP contribution >= 0.6 is 22.6 Å². The molecule has 0 nitrogen and oxygen atoms in total. The van der Waals surface area contributed by atoms with Crippen LogP contribution in [-0.2, 0) is 0 Å². The smallest absolute Gasteiger partial charge is 0.199 e. The highest BCUT2D eigenvalue weighted by atomic mass is 127. The third-order valence-electron chi connectivity index (χ3n) is 2.41. The van der Waals surface area contributed by atoms with Crippen LogP contribution in [0, 0.1) is 0 Å². The van der Waals surface area contributed by atoms with Gasteiger partial charge in [-0.25, -0.2) is 0 Å². The molecule has 0 heterocycles. The van der Waals surface area contributed by atoms with Crippen LogP contribution in [0.5, 0.6) is 0 Å². The minimum atomic E-state index is -6.23. The van der Waals surface area contributed by atoms with Crippen molar-refractivity contribution in [1.82, 2.24) is 0 Å². The van der Waals surface area contributed by atoms with Gasteiger partial charge in [-0.3, -0.25) is 0 Å². The zero-order valence-corrected chi connectivity index (χ0v) is 11.8. The number of hydrogen-bond acceptors (Lipinski definition) is 0. The van der Waals surface area contributed by atoms with Gasteiger partial charge in [0.2, 0.25) is 0 Å². The normalized spacial score (nSPS) is 15.8. The highest BCUT2D eigenvalue weighted by Crippen LogP contribution is 2.49. The van der Waals surface area contributed by atoms with E-state index >= 15 is 0 Å². The second kappa shape index (κ2) is 6.60. The molecule has 0 aliphatic rings. The lowest BCUT2D eigenvalue weighted by atomic mass is 10.0. The summed E-state index contributed by atoms with van der Waals surface area (Å²) >= 11 is 1.49. The molecule has 0 N–H and O–H groups in total. The van der Waals surface area contributed by atoms with Crippen molar-refractivity contribution < 1.29 is 30.7 Å². The van der Waals surface area contributed by atoms with Gasteiger partial charge in [-0.2, -0.15) is 30.7 Å². The highest BCUT2D eigenvalue weighted by Gasteiger charge is 2.72. The Bertz CT molecular complexity index is 249. The third kappa shape index (κ3) is 4.73. The molecule has 1 atom stereocenters. The van der Waals surface area contributed by atoms with Gasteiger partial charge in [0.25, 0.3) is 0 Å². The van der Waals surface area contributed by atoms with Crippen molar-refractivity contribution in [3.05, 3.63) is 0 Å². The molecule has 0 saturated heterocycles. The number of rotatable bonds is 7. The predicted octanol–water partition coefficient (Wildman–Crippen LogP) is 5.59. The summed E-state index contributed by atoms with van der Waals surface area (Å²) < 4.78 is 85.8. The summed E-state index contributed by atoms with van der Waals surface area (Å²) in [7, 11) is 0. The van der Waals surface area contributed by atoms with Gasteiger partial charge < -0.3 is 0 Å². The minimum absolute atomic E-state index is 0.206. The predicted molar refractivity (Wildman–Crippen MR) is 62.5 cm³/mol. The lowest BCUT2D eigenvalue weighted by molar-refractivity contribution is -0.355. The molecule has 18 heavy (non-hydrogen) atoms. The fourth-order valence-corrected chi connectivity index (χ4v) is 2.33. The molecule has 8 heteroatoms. The van der Waals surface area contributed by atoms with E-state index in [4.69, 9.17) is 0 Å². The first-order chi connectivity index (χ1) is 7.95. The summed E-state index contributed by atoms with van der Waals surface area (Å²) in [5.74, 6) is -11.0. The van der Waals surface area contributed by atoms with Crippen LogP contribution in [-0.4, -0.2) is 21.9 Å². The topological polar surface area (TPSA) is 0 Å². The van der Waals surface area contributed by atoms with Gasteiger partial charge in [0.05, 0.1) is 0 Å². The van der Waals surface area contributed by atoms with Crippen molar-refractivity contribution in [2.24, 2.45) is 0 Å².